The van der Waals surface area contributed by atoms with Crippen LogP contribution in [-0.2, 0) is 6.42 Å². The van der Waals surface area contributed by atoms with Crippen LogP contribution in [0.5, 0.6) is 0 Å². The van der Waals surface area contributed by atoms with Crippen molar-refractivity contribution < 1.29 is 0 Å². The lowest BCUT2D eigenvalue weighted by atomic mass is 9.96. The first-order valence-electron chi connectivity index (χ1n) is 14.1. The highest BCUT2D eigenvalue weighted by atomic mass is 15.1. The number of hydrogen-bond donors (Lipinski definition) is 0. The molecule has 0 amide bonds. The lowest BCUT2D eigenvalue weighted by molar-refractivity contribution is 1.18. The van der Waals surface area contributed by atoms with Crippen molar-refractivity contribution in [2.75, 3.05) is 0 Å². The van der Waals surface area contributed by atoms with Crippen molar-refractivity contribution in [3.8, 4) is 16.8 Å². The number of benzene rings is 5. The van der Waals surface area contributed by atoms with Crippen LogP contribution in [0.4, 0.5) is 0 Å². The Hall–Kier alpha value is -5.48. The second-order valence-electron chi connectivity index (χ2n) is 11.0. The predicted molar refractivity (Wildman–Crippen MR) is 168 cm³/mol. The number of para-hydroxylation sites is 4. The lowest BCUT2D eigenvalue weighted by Gasteiger charge is -2.12. The van der Waals surface area contributed by atoms with E-state index in [0.717, 1.165) is 34.1 Å². The summed E-state index contributed by atoms with van der Waals surface area (Å²) in [4.78, 5) is 10.1. The molecule has 0 spiro atoms. The van der Waals surface area contributed by atoms with Crippen molar-refractivity contribution >= 4 is 60.3 Å². The number of fused-ring (bicyclic) bond motifs is 16. The first-order valence-corrected chi connectivity index (χ1v) is 14.1. The van der Waals surface area contributed by atoms with E-state index in [1.165, 1.54) is 60.5 Å². The molecule has 4 heteroatoms. The minimum absolute atomic E-state index is 0.882. The van der Waals surface area contributed by atoms with Crippen LogP contribution in [0, 0.1) is 0 Å². The Labute approximate surface area is 234 Å². The predicted octanol–water partition coefficient (Wildman–Crippen LogP) is 8.86. The molecular weight excluding hydrogens is 500 g/mol. The summed E-state index contributed by atoms with van der Waals surface area (Å²) in [7, 11) is 0. The van der Waals surface area contributed by atoms with Crippen LogP contribution in [-0.4, -0.2) is 18.9 Å². The summed E-state index contributed by atoms with van der Waals surface area (Å²) in [6.07, 6.45) is 2.76. The third-order valence-electron chi connectivity index (χ3n) is 8.96. The SMILES string of the molecule is c1ccc(-n2c3ccccc3c3c4c(ccc32)Cc2c-4ccc3c4cccnc4n4c5ccccc5nc4c23)cc1. The van der Waals surface area contributed by atoms with E-state index in [0.29, 0.717) is 0 Å². The Bertz CT molecular complexity index is 2550. The van der Waals surface area contributed by atoms with Gasteiger partial charge in [0.1, 0.15) is 11.3 Å². The number of hydrogen-bond acceptors (Lipinski definition) is 2. The fraction of sp³-hybridized carbons (Fsp3) is 0.0270. The van der Waals surface area contributed by atoms with Gasteiger partial charge in [0.05, 0.1) is 22.1 Å². The van der Waals surface area contributed by atoms with E-state index in [2.05, 4.69) is 118 Å². The van der Waals surface area contributed by atoms with E-state index in [-0.39, 0.29) is 0 Å². The van der Waals surface area contributed by atoms with Crippen molar-refractivity contribution in [3.05, 3.63) is 133 Å². The summed E-state index contributed by atoms with van der Waals surface area (Å²) < 4.78 is 4.66. The van der Waals surface area contributed by atoms with E-state index in [1.54, 1.807) is 0 Å². The Morgan fingerprint density at radius 3 is 2.29 bits per heavy atom. The molecule has 5 aromatic carbocycles. The molecule has 4 aromatic heterocycles. The molecule has 0 radical (unpaired) electrons. The van der Waals surface area contributed by atoms with Crippen molar-refractivity contribution in [2.45, 2.75) is 6.42 Å². The van der Waals surface area contributed by atoms with Gasteiger partial charge in [-0.05, 0) is 82.6 Å². The largest absolute Gasteiger partial charge is 0.309 e. The highest BCUT2D eigenvalue weighted by Crippen LogP contribution is 2.49. The Morgan fingerprint density at radius 1 is 0.561 bits per heavy atom. The van der Waals surface area contributed by atoms with Crippen LogP contribution in [0.25, 0.3) is 77.1 Å². The van der Waals surface area contributed by atoms with Gasteiger partial charge in [0, 0.05) is 33.4 Å². The lowest BCUT2D eigenvalue weighted by Crippen LogP contribution is -1.96. The summed E-state index contributed by atoms with van der Waals surface area (Å²) in [6, 6.07) is 41.4. The number of pyridine rings is 2. The zero-order chi connectivity index (χ0) is 26.7. The molecule has 0 saturated heterocycles. The zero-order valence-electron chi connectivity index (χ0n) is 22.0. The van der Waals surface area contributed by atoms with Gasteiger partial charge in [-0.2, -0.15) is 0 Å². The van der Waals surface area contributed by atoms with Crippen LogP contribution >= 0.6 is 0 Å². The average molecular weight is 523 g/mol. The van der Waals surface area contributed by atoms with Crippen molar-refractivity contribution in [2.24, 2.45) is 0 Å². The van der Waals surface area contributed by atoms with E-state index >= 15 is 0 Å². The van der Waals surface area contributed by atoms with Gasteiger partial charge in [-0.15, -0.1) is 0 Å². The monoisotopic (exact) mass is 522 g/mol. The molecule has 0 aliphatic heterocycles. The van der Waals surface area contributed by atoms with Crippen LogP contribution in [0.15, 0.2) is 121 Å². The highest BCUT2D eigenvalue weighted by molar-refractivity contribution is 6.21. The maximum atomic E-state index is 5.21. The molecule has 9 aromatic rings. The molecule has 0 N–H and O–H groups in total. The van der Waals surface area contributed by atoms with Gasteiger partial charge in [0.2, 0.25) is 0 Å². The topological polar surface area (TPSA) is 35.1 Å². The highest BCUT2D eigenvalue weighted by Gasteiger charge is 2.28. The summed E-state index contributed by atoms with van der Waals surface area (Å²) >= 11 is 0. The first-order chi connectivity index (χ1) is 20.4. The maximum Gasteiger partial charge on any atom is 0.147 e. The quantitative estimate of drug-likeness (QED) is 0.202. The first kappa shape index (κ1) is 21.4. The molecule has 10 rings (SSSR count). The standard InChI is InChI=1S/C37H22N4/c1-2-9-23(10-3-1)40-30-14-6-4-11-27(30)35-32(40)19-16-22-21-28-25(33(22)35)18-17-24-26-12-8-20-38-36(26)41-31-15-7-5-13-29(31)39-37(41)34(24)28/h1-20H,21H2. The Morgan fingerprint density at radius 2 is 1.37 bits per heavy atom. The second-order valence-corrected chi connectivity index (χ2v) is 11.0. The van der Waals surface area contributed by atoms with Crippen molar-refractivity contribution in [1.82, 2.24) is 18.9 Å². The molecule has 41 heavy (non-hydrogen) atoms. The van der Waals surface area contributed by atoms with Crippen LogP contribution < -0.4 is 0 Å². The van der Waals surface area contributed by atoms with Gasteiger partial charge in [0.15, 0.2) is 0 Å². The Balaban J connectivity index is 1.38. The molecular formula is C37H22N4. The third kappa shape index (κ3) is 2.64. The normalized spacial score (nSPS) is 12.8. The van der Waals surface area contributed by atoms with Crippen molar-refractivity contribution in [3.63, 3.8) is 0 Å². The summed E-state index contributed by atoms with van der Waals surface area (Å²) in [6.45, 7) is 0. The van der Waals surface area contributed by atoms with Crippen LogP contribution in [0.1, 0.15) is 11.1 Å². The molecule has 1 aliphatic carbocycles. The fourth-order valence-corrected chi connectivity index (χ4v) is 7.34. The molecule has 190 valence electrons. The number of rotatable bonds is 1. The molecule has 1 aliphatic rings. The minimum Gasteiger partial charge on any atom is -0.309 e. The zero-order valence-corrected chi connectivity index (χ0v) is 22.0. The van der Waals surface area contributed by atoms with Crippen LogP contribution in [0.3, 0.4) is 0 Å². The van der Waals surface area contributed by atoms with E-state index in [9.17, 15) is 0 Å². The summed E-state index contributed by atoms with van der Waals surface area (Å²) in [5.74, 6) is 0. The third-order valence-corrected chi connectivity index (χ3v) is 8.96. The van der Waals surface area contributed by atoms with Crippen molar-refractivity contribution in [1.29, 1.82) is 0 Å². The fourth-order valence-electron chi connectivity index (χ4n) is 7.34. The van der Waals surface area contributed by atoms with Crippen LogP contribution in [0.2, 0.25) is 0 Å². The summed E-state index contributed by atoms with van der Waals surface area (Å²) in [5, 5.41) is 6.21. The maximum absolute atomic E-state index is 5.21. The van der Waals surface area contributed by atoms with Gasteiger partial charge in [-0.1, -0.05) is 66.7 Å². The van der Waals surface area contributed by atoms with Gasteiger partial charge in [-0.3, -0.25) is 4.40 Å². The molecule has 0 unspecified atom stereocenters. The van der Waals surface area contributed by atoms with Gasteiger partial charge in [-0.25, -0.2) is 9.97 Å². The number of nitrogens with zero attached hydrogens (tertiary/aromatic N) is 4. The number of aromatic nitrogens is 4. The molecule has 0 fully saturated rings. The smallest absolute Gasteiger partial charge is 0.147 e. The summed E-state index contributed by atoms with van der Waals surface area (Å²) in [5.41, 5.74) is 13.1. The van der Waals surface area contributed by atoms with E-state index in [4.69, 9.17) is 9.97 Å². The molecule has 4 nitrogen and oxygen atoms in total. The molecule has 4 heterocycles. The average Bonchev–Trinajstić information content (AvgIpc) is 3.71. The Kier molecular flexibility index (Phi) is 3.95. The second kappa shape index (κ2) is 7.58. The molecule has 0 bridgehead atoms. The number of imidazole rings is 1. The van der Waals surface area contributed by atoms with Gasteiger partial charge in [0.25, 0.3) is 0 Å². The van der Waals surface area contributed by atoms with E-state index < -0.39 is 0 Å². The van der Waals surface area contributed by atoms with E-state index in [1.807, 2.05) is 12.3 Å². The van der Waals surface area contributed by atoms with Gasteiger partial charge >= 0.3 is 0 Å². The molecule has 0 atom stereocenters. The minimum atomic E-state index is 0.882. The molecule has 0 saturated carbocycles. The van der Waals surface area contributed by atoms with Gasteiger partial charge < -0.3 is 4.57 Å².